The second-order valence-electron chi connectivity index (χ2n) is 6.29. The summed E-state index contributed by atoms with van der Waals surface area (Å²) in [6.45, 7) is 15.6. The summed E-state index contributed by atoms with van der Waals surface area (Å²) >= 11 is 0. The first-order valence-electron chi connectivity index (χ1n) is 9.43. The van der Waals surface area contributed by atoms with Gasteiger partial charge in [-0.25, -0.2) is 0 Å². The standard InChI is InChI=1S/2C8H18.2C2H4O2.Pb/c2*1-4-6-7-8(3)5-2;2*1-2(3)4;/h2*8H,4-7H2,1-3H3;2*1H3,(H,3,4);/q;;;;+2/p-2. The summed E-state index contributed by atoms with van der Waals surface area (Å²) in [4.78, 5) is 17.8. The van der Waals surface area contributed by atoms with E-state index < -0.39 is 11.9 Å². The first-order valence-corrected chi connectivity index (χ1v) is 9.43. The quantitative estimate of drug-likeness (QED) is 0.431. The van der Waals surface area contributed by atoms with Crippen molar-refractivity contribution < 1.29 is 19.8 Å². The number of hydrogen-bond acceptors (Lipinski definition) is 4. The molecule has 2 atom stereocenters. The van der Waals surface area contributed by atoms with E-state index in [1.54, 1.807) is 0 Å². The van der Waals surface area contributed by atoms with Crippen molar-refractivity contribution in [2.75, 3.05) is 0 Å². The maximum atomic E-state index is 8.89. The molecule has 0 spiro atoms. The third-order valence-electron chi connectivity index (χ3n) is 3.49. The predicted octanol–water partition coefficient (Wildman–Crippen LogP) is 3.58. The van der Waals surface area contributed by atoms with Crippen LogP contribution in [0.25, 0.3) is 0 Å². The monoisotopic (exact) mass is 554 g/mol. The third-order valence-corrected chi connectivity index (χ3v) is 3.49. The summed E-state index contributed by atoms with van der Waals surface area (Å²) in [6.07, 6.45) is 11.1. The van der Waals surface area contributed by atoms with Crippen molar-refractivity contribution in [3.8, 4) is 0 Å². The van der Waals surface area contributed by atoms with Gasteiger partial charge in [0, 0.05) is 11.9 Å². The molecule has 0 amide bonds. The Bertz CT molecular complexity index is 224. The number of carbonyl (C=O) groups is 2. The first kappa shape index (κ1) is 35.9. The summed E-state index contributed by atoms with van der Waals surface area (Å²) < 4.78 is 0. The van der Waals surface area contributed by atoms with Gasteiger partial charge < -0.3 is 19.8 Å². The Kier molecular flexibility index (Phi) is 45.4. The molecule has 0 heterocycles. The Hall–Kier alpha value is -0.138. The fourth-order valence-electron chi connectivity index (χ4n) is 1.51. The van der Waals surface area contributed by atoms with E-state index in [-0.39, 0.29) is 27.3 Å². The smallest absolute Gasteiger partial charge is 0.550 e. The van der Waals surface area contributed by atoms with Gasteiger partial charge in [0.25, 0.3) is 0 Å². The molecule has 0 fully saturated rings. The largest absolute Gasteiger partial charge is 2.00 e. The van der Waals surface area contributed by atoms with Crippen LogP contribution in [0.15, 0.2) is 0 Å². The van der Waals surface area contributed by atoms with Gasteiger partial charge in [0.1, 0.15) is 0 Å². The number of carboxylic acid groups (broad SMARTS) is 2. The Morgan fingerprint density at radius 2 is 0.920 bits per heavy atom. The van der Waals surface area contributed by atoms with Crippen molar-refractivity contribution in [3.63, 3.8) is 0 Å². The first-order chi connectivity index (χ1) is 11.1. The molecule has 0 aromatic heterocycles. The van der Waals surface area contributed by atoms with Gasteiger partial charge in [0.2, 0.25) is 0 Å². The second-order valence-corrected chi connectivity index (χ2v) is 6.29. The van der Waals surface area contributed by atoms with E-state index in [0.717, 1.165) is 25.7 Å². The van der Waals surface area contributed by atoms with E-state index in [2.05, 4.69) is 41.5 Å². The van der Waals surface area contributed by atoms with Crippen LogP contribution in [0.2, 0.25) is 0 Å². The van der Waals surface area contributed by atoms with Crippen LogP contribution in [-0.2, 0) is 9.59 Å². The van der Waals surface area contributed by atoms with Crippen molar-refractivity contribution in [1.29, 1.82) is 0 Å². The summed E-state index contributed by atoms with van der Waals surface area (Å²) in [7, 11) is 0. The van der Waals surface area contributed by atoms with Crippen LogP contribution in [0.5, 0.6) is 0 Å². The van der Waals surface area contributed by atoms with Crippen molar-refractivity contribution in [3.05, 3.63) is 0 Å². The predicted molar refractivity (Wildman–Crippen MR) is 105 cm³/mol. The van der Waals surface area contributed by atoms with E-state index in [0.29, 0.717) is 0 Å². The number of rotatable bonds is 8. The zero-order chi connectivity index (χ0) is 20.0. The molecule has 0 aliphatic heterocycles. The van der Waals surface area contributed by atoms with E-state index in [1.165, 1.54) is 51.4 Å². The van der Waals surface area contributed by atoms with E-state index in [1.807, 2.05) is 0 Å². The zero-order valence-corrected chi connectivity index (χ0v) is 21.8. The van der Waals surface area contributed by atoms with Crippen molar-refractivity contribution in [1.82, 2.24) is 0 Å². The van der Waals surface area contributed by atoms with Crippen LogP contribution in [0.3, 0.4) is 0 Å². The third kappa shape index (κ3) is 81.1. The number of carboxylic acids is 2. The van der Waals surface area contributed by atoms with E-state index >= 15 is 0 Å². The van der Waals surface area contributed by atoms with Crippen molar-refractivity contribution in [2.24, 2.45) is 11.8 Å². The zero-order valence-electron chi connectivity index (χ0n) is 17.9. The number of hydrogen-bond donors (Lipinski definition) is 0. The molecule has 150 valence electrons. The minimum Gasteiger partial charge on any atom is -0.550 e. The number of carbonyl (C=O) groups excluding carboxylic acids is 2. The molecule has 0 N–H and O–H groups in total. The topological polar surface area (TPSA) is 80.3 Å². The molecule has 2 radical (unpaired) electrons. The summed E-state index contributed by atoms with van der Waals surface area (Å²) in [5.41, 5.74) is 0. The van der Waals surface area contributed by atoms with Crippen LogP contribution < -0.4 is 10.2 Å². The molecule has 25 heavy (non-hydrogen) atoms. The maximum absolute atomic E-state index is 8.89. The average Bonchev–Trinajstić information content (AvgIpc) is 2.49. The maximum Gasteiger partial charge on any atom is 2.00 e. The van der Waals surface area contributed by atoms with Gasteiger partial charge in [-0.1, -0.05) is 92.9 Å². The normalized spacial score (nSPS) is 10.9. The van der Waals surface area contributed by atoms with Crippen LogP contribution in [0, 0.1) is 11.8 Å². The molecule has 0 aliphatic rings. The molecule has 0 bridgehead atoms. The molecule has 0 rings (SSSR count). The van der Waals surface area contributed by atoms with E-state index in [4.69, 9.17) is 19.8 Å². The Morgan fingerprint density at radius 3 is 1.04 bits per heavy atom. The molecule has 0 aromatic carbocycles. The molecule has 2 unspecified atom stereocenters. The fourth-order valence-corrected chi connectivity index (χ4v) is 1.51. The van der Waals surface area contributed by atoms with Crippen LogP contribution >= 0.6 is 0 Å². The van der Waals surface area contributed by atoms with Crippen molar-refractivity contribution >= 4 is 39.2 Å². The minimum atomic E-state index is -1.08. The molecule has 0 aliphatic carbocycles. The van der Waals surface area contributed by atoms with E-state index in [9.17, 15) is 0 Å². The average molecular weight is 554 g/mol. The van der Waals surface area contributed by atoms with Gasteiger partial charge >= 0.3 is 27.3 Å². The van der Waals surface area contributed by atoms with Gasteiger partial charge in [-0.15, -0.1) is 0 Å². The Labute approximate surface area is 177 Å². The summed E-state index contributed by atoms with van der Waals surface area (Å²) in [5, 5.41) is 17.8. The molecule has 0 aromatic rings. The van der Waals surface area contributed by atoms with Crippen molar-refractivity contribution in [2.45, 2.75) is 107 Å². The van der Waals surface area contributed by atoms with Crippen LogP contribution in [-0.4, -0.2) is 39.2 Å². The summed E-state index contributed by atoms with van der Waals surface area (Å²) in [5.74, 6) is -0.259. The molecule has 5 heteroatoms. The molecular weight excluding hydrogens is 511 g/mol. The van der Waals surface area contributed by atoms with Gasteiger partial charge in [-0.3, -0.25) is 0 Å². The molecule has 0 saturated carbocycles. The molecule has 4 nitrogen and oxygen atoms in total. The second kappa shape index (κ2) is 31.6. The van der Waals surface area contributed by atoms with Gasteiger partial charge in [-0.2, -0.15) is 0 Å². The SMILES string of the molecule is CC(=O)[O-].CC(=O)[O-].CCCCC(C)CC.CCCCC(C)CC.[Pb+2]. The summed E-state index contributed by atoms with van der Waals surface area (Å²) in [6, 6.07) is 0. The van der Waals surface area contributed by atoms with Gasteiger partial charge in [0.05, 0.1) is 0 Å². The molecular formula is C20H42O4Pb. The minimum absolute atomic E-state index is 0. The molecule has 0 saturated heterocycles. The van der Waals surface area contributed by atoms with Crippen LogP contribution in [0.1, 0.15) is 107 Å². The fraction of sp³-hybridized carbons (Fsp3) is 0.900. The Morgan fingerprint density at radius 1 is 0.720 bits per heavy atom. The van der Waals surface area contributed by atoms with Gasteiger partial charge in [-0.05, 0) is 25.7 Å². The van der Waals surface area contributed by atoms with Gasteiger partial charge in [0.15, 0.2) is 0 Å². The van der Waals surface area contributed by atoms with Crippen LogP contribution in [0.4, 0.5) is 0 Å². The Balaban J connectivity index is -0.0000000739. The number of unbranched alkanes of at least 4 members (excludes halogenated alkanes) is 2. The number of aliphatic carboxylic acids is 2.